The molecule has 0 N–H and O–H groups in total. The van der Waals surface area contributed by atoms with Crippen molar-refractivity contribution in [3.05, 3.63) is 0 Å². The van der Waals surface area contributed by atoms with Crippen LogP contribution in [0.3, 0.4) is 0 Å². The average Bonchev–Trinajstić information content (AvgIpc) is 2.47. The SMILES string of the molecule is CCC1(C)OOC2(CCCCC2)O1. The van der Waals surface area contributed by atoms with Gasteiger partial charge >= 0.3 is 0 Å². The van der Waals surface area contributed by atoms with Gasteiger partial charge in [-0.25, -0.2) is 0 Å². The highest BCUT2D eigenvalue weighted by atomic mass is 17.3. The second-order valence-corrected chi connectivity index (χ2v) is 4.23. The van der Waals surface area contributed by atoms with Crippen molar-refractivity contribution in [3.8, 4) is 0 Å². The van der Waals surface area contributed by atoms with Crippen LogP contribution in [0, 0.1) is 0 Å². The zero-order chi connectivity index (χ0) is 9.36. The van der Waals surface area contributed by atoms with Gasteiger partial charge in [-0.1, -0.05) is 13.3 Å². The summed E-state index contributed by atoms with van der Waals surface area (Å²) in [6.45, 7) is 3.99. The van der Waals surface area contributed by atoms with Crippen LogP contribution in [0.1, 0.15) is 52.4 Å². The summed E-state index contributed by atoms with van der Waals surface area (Å²) in [5, 5.41) is 0. The van der Waals surface area contributed by atoms with Gasteiger partial charge in [-0.05, 0) is 19.8 Å². The van der Waals surface area contributed by atoms with E-state index in [0.29, 0.717) is 0 Å². The summed E-state index contributed by atoms with van der Waals surface area (Å²) in [5.74, 6) is -0.930. The Balaban J connectivity index is 2.02. The molecule has 1 heterocycles. The zero-order valence-electron chi connectivity index (χ0n) is 8.47. The molecule has 1 saturated heterocycles. The predicted octanol–water partition coefficient (Wildman–Crippen LogP) is 2.75. The molecule has 76 valence electrons. The summed E-state index contributed by atoms with van der Waals surface area (Å²) >= 11 is 0. The fraction of sp³-hybridized carbons (Fsp3) is 1.00. The van der Waals surface area contributed by atoms with Gasteiger partial charge in [-0.3, -0.25) is 0 Å². The Labute approximate surface area is 79.3 Å². The van der Waals surface area contributed by atoms with Crippen LogP contribution in [-0.2, 0) is 14.5 Å². The lowest BCUT2D eigenvalue weighted by atomic mass is 9.94. The van der Waals surface area contributed by atoms with Gasteiger partial charge in [0.2, 0.25) is 11.6 Å². The summed E-state index contributed by atoms with van der Waals surface area (Å²) in [5.41, 5.74) is 0. The molecule has 3 nitrogen and oxygen atoms in total. The molecule has 0 bridgehead atoms. The Morgan fingerprint density at radius 3 is 2.31 bits per heavy atom. The Morgan fingerprint density at radius 1 is 1.08 bits per heavy atom. The Morgan fingerprint density at radius 2 is 1.77 bits per heavy atom. The monoisotopic (exact) mass is 186 g/mol. The van der Waals surface area contributed by atoms with Crippen LogP contribution >= 0.6 is 0 Å². The molecule has 0 aromatic rings. The van der Waals surface area contributed by atoms with Crippen LogP contribution in [0.2, 0.25) is 0 Å². The summed E-state index contributed by atoms with van der Waals surface area (Å²) in [7, 11) is 0. The maximum atomic E-state index is 5.88. The van der Waals surface area contributed by atoms with E-state index < -0.39 is 11.6 Å². The van der Waals surface area contributed by atoms with Crippen molar-refractivity contribution in [2.45, 2.75) is 63.9 Å². The molecule has 13 heavy (non-hydrogen) atoms. The topological polar surface area (TPSA) is 27.7 Å². The molecule has 3 heteroatoms. The third-order valence-corrected chi connectivity index (χ3v) is 3.03. The highest BCUT2D eigenvalue weighted by molar-refractivity contribution is 4.80. The molecule has 1 atom stereocenters. The molecule has 0 amide bonds. The van der Waals surface area contributed by atoms with Crippen molar-refractivity contribution >= 4 is 0 Å². The third kappa shape index (κ3) is 1.73. The van der Waals surface area contributed by atoms with Gasteiger partial charge in [0, 0.05) is 19.3 Å². The molecule has 1 spiro atoms. The van der Waals surface area contributed by atoms with E-state index in [-0.39, 0.29) is 0 Å². The fourth-order valence-electron chi connectivity index (χ4n) is 2.00. The lowest BCUT2D eigenvalue weighted by Crippen LogP contribution is -2.36. The first-order valence-electron chi connectivity index (χ1n) is 5.25. The van der Waals surface area contributed by atoms with Gasteiger partial charge in [0.15, 0.2) is 0 Å². The summed E-state index contributed by atoms with van der Waals surface area (Å²) in [6, 6.07) is 0. The first-order chi connectivity index (χ1) is 6.18. The van der Waals surface area contributed by atoms with E-state index in [1.54, 1.807) is 0 Å². The summed E-state index contributed by atoms with van der Waals surface area (Å²) in [6.07, 6.45) is 6.43. The molecule has 1 saturated carbocycles. The second kappa shape index (κ2) is 3.23. The molecule has 2 aliphatic rings. The molecule has 1 unspecified atom stereocenters. The van der Waals surface area contributed by atoms with Crippen LogP contribution in [0.4, 0.5) is 0 Å². The zero-order valence-corrected chi connectivity index (χ0v) is 8.47. The van der Waals surface area contributed by atoms with Crippen molar-refractivity contribution in [1.82, 2.24) is 0 Å². The third-order valence-electron chi connectivity index (χ3n) is 3.03. The number of hydrogen-bond acceptors (Lipinski definition) is 3. The lowest BCUT2D eigenvalue weighted by Gasteiger charge is -2.30. The largest absolute Gasteiger partial charge is 0.313 e. The quantitative estimate of drug-likeness (QED) is 0.589. The highest BCUT2D eigenvalue weighted by Gasteiger charge is 2.49. The van der Waals surface area contributed by atoms with Crippen LogP contribution in [0.25, 0.3) is 0 Å². The van der Waals surface area contributed by atoms with Gasteiger partial charge < -0.3 is 4.74 Å². The maximum absolute atomic E-state index is 5.88. The van der Waals surface area contributed by atoms with E-state index in [1.807, 2.05) is 13.8 Å². The maximum Gasteiger partial charge on any atom is 0.204 e. The van der Waals surface area contributed by atoms with E-state index in [1.165, 1.54) is 19.3 Å². The molecule has 2 rings (SSSR count). The van der Waals surface area contributed by atoms with E-state index in [0.717, 1.165) is 19.3 Å². The Bertz CT molecular complexity index is 187. The number of hydrogen-bond donors (Lipinski definition) is 0. The standard InChI is InChI=1S/C10H18O3/c1-3-9(2)11-10(13-12-9)7-5-4-6-8-10/h3-8H2,1-2H3. The summed E-state index contributed by atoms with van der Waals surface area (Å²) in [4.78, 5) is 10.6. The minimum Gasteiger partial charge on any atom is -0.313 e. The number of rotatable bonds is 1. The van der Waals surface area contributed by atoms with Crippen molar-refractivity contribution in [3.63, 3.8) is 0 Å². The molecule has 0 radical (unpaired) electrons. The van der Waals surface area contributed by atoms with Crippen LogP contribution in [0.15, 0.2) is 0 Å². The minimum atomic E-state index is -0.517. The molecular weight excluding hydrogens is 168 g/mol. The van der Waals surface area contributed by atoms with Gasteiger partial charge in [0.05, 0.1) is 0 Å². The molecule has 0 aromatic heterocycles. The van der Waals surface area contributed by atoms with E-state index in [2.05, 4.69) is 0 Å². The van der Waals surface area contributed by atoms with Crippen molar-refractivity contribution in [2.24, 2.45) is 0 Å². The molecule has 0 aromatic carbocycles. The van der Waals surface area contributed by atoms with Gasteiger partial charge in [0.25, 0.3) is 0 Å². The first kappa shape index (κ1) is 9.44. The second-order valence-electron chi connectivity index (χ2n) is 4.23. The fourth-order valence-corrected chi connectivity index (χ4v) is 2.00. The molecule has 1 aliphatic carbocycles. The highest BCUT2D eigenvalue weighted by Crippen LogP contribution is 2.43. The first-order valence-corrected chi connectivity index (χ1v) is 5.25. The average molecular weight is 186 g/mol. The Hall–Kier alpha value is -0.120. The van der Waals surface area contributed by atoms with Crippen LogP contribution in [0.5, 0.6) is 0 Å². The van der Waals surface area contributed by atoms with E-state index >= 15 is 0 Å². The lowest BCUT2D eigenvalue weighted by molar-refractivity contribution is -0.352. The van der Waals surface area contributed by atoms with E-state index in [9.17, 15) is 0 Å². The van der Waals surface area contributed by atoms with Crippen molar-refractivity contribution in [1.29, 1.82) is 0 Å². The molecule has 2 fully saturated rings. The minimum absolute atomic E-state index is 0.414. The van der Waals surface area contributed by atoms with Gasteiger partial charge in [0.1, 0.15) is 0 Å². The number of ether oxygens (including phenoxy) is 1. The van der Waals surface area contributed by atoms with Crippen molar-refractivity contribution < 1.29 is 14.5 Å². The summed E-state index contributed by atoms with van der Waals surface area (Å²) < 4.78 is 5.88. The smallest absolute Gasteiger partial charge is 0.204 e. The van der Waals surface area contributed by atoms with Crippen LogP contribution in [-0.4, -0.2) is 11.6 Å². The van der Waals surface area contributed by atoms with E-state index in [4.69, 9.17) is 14.5 Å². The van der Waals surface area contributed by atoms with Gasteiger partial charge in [-0.15, -0.1) is 0 Å². The normalized spacial score (nSPS) is 38.3. The Kier molecular flexibility index (Phi) is 2.34. The molecular formula is C10H18O3. The van der Waals surface area contributed by atoms with Gasteiger partial charge in [-0.2, -0.15) is 9.78 Å². The van der Waals surface area contributed by atoms with Crippen LogP contribution < -0.4 is 0 Å². The van der Waals surface area contributed by atoms with Crippen molar-refractivity contribution in [2.75, 3.05) is 0 Å². The molecule has 1 aliphatic heterocycles. The predicted molar refractivity (Wildman–Crippen MR) is 47.8 cm³/mol.